The summed E-state index contributed by atoms with van der Waals surface area (Å²) in [4.78, 5) is 0.364. The highest BCUT2D eigenvalue weighted by Gasteiger charge is 2.14. The first kappa shape index (κ1) is 13.1. The third-order valence-corrected chi connectivity index (χ3v) is 5.38. The fourth-order valence-corrected chi connectivity index (χ4v) is 3.95. The van der Waals surface area contributed by atoms with Crippen molar-refractivity contribution >= 4 is 21.6 Å². The number of rotatable bonds is 5. The molecule has 0 saturated carbocycles. The molecule has 1 heterocycles. The summed E-state index contributed by atoms with van der Waals surface area (Å²) in [5, 5.41) is 8.35. The van der Waals surface area contributed by atoms with Crippen LogP contribution in [0.4, 0.5) is 0 Å². The van der Waals surface area contributed by atoms with E-state index >= 15 is 0 Å². The van der Waals surface area contributed by atoms with Crippen LogP contribution in [-0.2, 0) is 16.9 Å². The van der Waals surface area contributed by atoms with E-state index in [1.54, 1.807) is 41.2 Å². The topological polar surface area (TPSA) is 64.8 Å². The monoisotopic (exact) mass is 283 g/mol. The lowest BCUT2D eigenvalue weighted by molar-refractivity contribution is 0.597. The Morgan fingerprint density at radius 2 is 2.00 bits per heavy atom. The maximum atomic E-state index is 12.0. The SMILES string of the molecule is Cn1cnnc1SCCS(=O)(=O)c1ccccc1. The lowest BCUT2D eigenvalue weighted by atomic mass is 10.4. The smallest absolute Gasteiger partial charge is 0.190 e. The first-order valence-corrected chi connectivity index (χ1v) is 7.98. The minimum Gasteiger partial charge on any atom is -0.312 e. The van der Waals surface area contributed by atoms with Gasteiger partial charge in [0.15, 0.2) is 15.0 Å². The van der Waals surface area contributed by atoms with Gasteiger partial charge < -0.3 is 4.57 Å². The van der Waals surface area contributed by atoms with Crippen LogP contribution in [0.1, 0.15) is 0 Å². The number of thioether (sulfide) groups is 1. The third-order valence-electron chi connectivity index (χ3n) is 2.36. The number of sulfone groups is 1. The van der Waals surface area contributed by atoms with E-state index in [4.69, 9.17) is 0 Å². The fourth-order valence-electron chi connectivity index (χ4n) is 1.39. The lowest BCUT2D eigenvalue weighted by Crippen LogP contribution is -2.09. The van der Waals surface area contributed by atoms with Crippen LogP contribution in [0.5, 0.6) is 0 Å². The standard InChI is InChI=1S/C11H13N3O2S2/c1-14-9-12-13-11(14)17-7-8-18(15,16)10-5-3-2-4-6-10/h2-6,9H,7-8H2,1H3. The Bertz CT molecular complexity index is 608. The van der Waals surface area contributed by atoms with E-state index < -0.39 is 9.84 Å². The summed E-state index contributed by atoms with van der Waals surface area (Å²) in [6.07, 6.45) is 1.59. The van der Waals surface area contributed by atoms with Gasteiger partial charge in [0.05, 0.1) is 10.6 Å². The van der Waals surface area contributed by atoms with Gasteiger partial charge in [-0.15, -0.1) is 10.2 Å². The maximum absolute atomic E-state index is 12.0. The molecule has 0 amide bonds. The van der Waals surface area contributed by atoms with Crippen molar-refractivity contribution in [1.82, 2.24) is 14.8 Å². The van der Waals surface area contributed by atoms with Crippen LogP contribution in [0.15, 0.2) is 46.7 Å². The molecule has 0 atom stereocenters. The Labute approximate surface area is 110 Å². The molecule has 0 spiro atoms. The zero-order valence-corrected chi connectivity index (χ0v) is 11.5. The summed E-state index contributed by atoms with van der Waals surface area (Å²) < 4.78 is 25.7. The van der Waals surface area contributed by atoms with Gasteiger partial charge in [0.25, 0.3) is 0 Å². The average Bonchev–Trinajstić information content (AvgIpc) is 2.76. The van der Waals surface area contributed by atoms with Crippen LogP contribution in [0.25, 0.3) is 0 Å². The van der Waals surface area contributed by atoms with Gasteiger partial charge in [-0.25, -0.2) is 8.42 Å². The van der Waals surface area contributed by atoms with Crippen LogP contribution < -0.4 is 0 Å². The summed E-state index contributed by atoms with van der Waals surface area (Å²) in [6, 6.07) is 8.48. The predicted molar refractivity (Wildman–Crippen MR) is 70.2 cm³/mol. The van der Waals surface area contributed by atoms with E-state index in [1.165, 1.54) is 11.8 Å². The molecule has 0 aliphatic carbocycles. The summed E-state index contributed by atoms with van der Waals surface area (Å²) in [6.45, 7) is 0. The van der Waals surface area contributed by atoms with Crippen LogP contribution in [0.2, 0.25) is 0 Å². The van der Waals surface area contributed by atoms with Crippen molar-refractivity contribution in [2.75, 3.05) is 11.5 Å². The summed E-state index contributed by atoms with van der Waals surface area (Å²) in [5.74, 6) is 0.554. The number of nitrogens with zero attached hydrogens (tertiary/aromatic N) is 3. The zero-order valence-electron chi connectivity index (χ0n) is 9.85. The second kappa shape index (κ2) is 5.53. The van der Waals surface area contributed by atoms with Gasteiger partial charge in [-0.05, 0) is 12.1 Å². The largest absolute Gasteiger partial charge is 0.312 e. The van der Waals surface area contributed by atoms with Gasteiger partial charge in [0.1, 0.15) is 6.33 Å². The van der Waals surface area contributed by atoms with Crippen molar-refractivity contribution in [2.45, 2.75) is 10.1 Å². The Morgan fingerprint density at radius 3 is 2.61 bits per heavy atom. The van der Waals surface area contributed by atoms with Crippen molar-refractivity contribution in [3.8, 4) is 0 Å². The van der Waals surface area contributed by atoms with E-state index in [1.807, 2.05) is 7.05 Å². The average molecular weight is 283 g/mol. The van der Waals surface area contributed by atoms with E-state index in [-0.39, 0.29) is 5.75 Å². The predicted octanol–water partition coefficient (Wildman–Crippen LogP) is 1.38. The van der Waals surface area contributed by atoms with Crippen LogP contribution in [0, 0.1) is 0 Å². The quantitative estimate of drug-likeness (QED) is 0.776. The van der Waals surface area contributed by atoms with Gasteiger partial charge in [-0.3, -0.25) is 0 Å². The molecule has 2 aromatic rings. The van der Waals surface area contributed by atoms with Gasteiger partial charge in [0, 0.05) is 12.8 Å². The van der Waals surface area contributed by atoms with Crippen molar-refractivity contribution in [3.05, 3.63) is 36.7 Å². The van der Waals surface area contributed by atoms with Crippen LogP contribution in [0.3, 0.4) is 0 Å². The molecular weight excluding hydrogens is 270 g/mol. The van der Waals surface area contributed by atoms with Gasteiger partial charge >= 0.3 is 0 Å². The molecular formula is C11H13N3O2S2. The highest BCUT2D eigenvalue weighted by Crippen LogP contribution is 2.16. The molecule has 0 radical (unpaired) electrons. The van der Waals surface area contributed by atoms with E-state index in [2.05, 4.69) is 10.2 Å². The second-order valence-corrected chi connectivity index (χ2v) is 6.88. The molecule has 0 unspecified atom stereocenters. The van der Waals surface area contributed by atoms with E-state index in [9.17, 15) is 8.42 Å². The number of hydrogen-bond acceptors (Lipinski definition) is 5. The fraction of sp³-hybridized carbons (Fsp3) is 0.273. The molecule has 2 rings (SSSR count). The number of benzene rings is 1. The van der Waals surface area contributed by atoms with Crippen molar-refractivity contribution in [3.63, 3.8) is 0 Å². The third kappa shape index (κ3) is 3.11. The Hall–Kier alpha value is -1.34. The Balaban J connectivity index is 1.97. The second-order valence-electron chi connectivity index (χ2n) is 3.70. The molecule has 0 N–H and O–H groups in total. The first-order chi connectivity index (χ1) is 8.59. The molecule has 7 heteroatoms. The molecule has 96 valence electrons. The molecule has 0 saturated heterocycles. The molecule has 0 fully saturated rings. The van der Waals surface area contributed by atoms with E-state index in [0.717, 1.165) is 5.16 Å². The summed E-state index contributed by atoms with van der Waals surface area (Å²) >= 11 is 1.39. The molecule has 1 aromatic heterocycles. The maximum Gasteiger partial charge on any atom is 0.190 e. The van der Waals surface area contributed by atoms with Gasteiger partial charge in [-0.2, -0.15) is 0 Å². The molecule has 5 nitrogen and oxygen atoms in total. The molecule has 0 bridgehead atoms. The number of aromatic nitrogens is 3. The van der Waals surface area contributed by atoms with Crippen molar-refractivity contribution < 1.29 is 8.42 Å². The Kier molecular flexibility index (Phi) is 4.03. The minimum atomic E-state index is -3.20. The van der Waals surface area contributed by atoms with E-state index in [0.29, 0.717) is 10.6 Å². The molecule has 18 heavy (non-hydrogen) atoms. The normalized spacial score (nSPS) is 11.6. The van der Waals surface area contributed by atoms with Gasteiger partial charge in [0.2, 0.25) is 0 Å². The Morgan fingerprint density at radius 1 is 1.28 bits per heavy atom. The zero-order chi connectivity index (χ0) is 13.0. The summed E-state index contributed by atoms with van der Waals surface area (Å²) in [5.41, 5.74) is 0. The first-order valence-electron chi connectivity index (χ1n) is 5.34. The number of aryl methyl sites for hydroxylation is 1. The summed E-state index contributed by atoms with van der Waals surface area (Å²) in [7, 11) is -1.38. The van der Waals surface area contributed by atoms with Crippen LogP contribution in [-0.4, -0.2) is 34.7 Å². The minimum absolute atomic E-state index is 0.0918. The highest BCUT2D eigenvalue weighted by molar-refractivity contribution is 8.00. The van der Waals surface area contributed by atoms with Crippen LogP contribution >= 0.6 is 11.8 Å². The van der Waals surface area contributed by atoms with Crippen molar-refractivity contribution in [1.29, 1.82) is 0 Å². The van der Waals surface area contributed by atoms with Crippen molar-refractivity contribution in [2.24, 2.45) is 7.05 Å². The number of hydrogen-bond donors (Lipinski definition) is 0. The molecule has 1 aromatic carbocycles. The lowest BCUT2D eigenvalue weighted by Gasteiger charge is -2.03. The molecule has 0 aliphatic rings. The molecule has 0 aliphatic heterocycles. The highest BCUT2D eigenvalue weighted by atomic mass is 32.2. The van der Waals surface area contributed by atoms with Gasteiger partial charge in [-0.1, -0.05) is 30.0 Å².